The van der Waals surface area contributed by atoms with Crippen LogP contribution in [0.3, 0.4) is 0 Å². The monoisotopic (exact) mass is 431 g/mol. The van der Waals surface area contributed by atoms with Crippen LogP contribution in [0.5, 0.6) is 0 Å². The molecule has 28 heavy (non-hydrogen) atoms. The van der Waals surface area contributed by atoms with E-state index in [4.69, 9.17) is 11.6 Å². The normalized spacial score (nSPS) is 16.4. The molecule has 0 bridgehead atoms. The summed E-state index contributed by atoms with van der Waals surface area (Å²) in [5, 5.41) is 3.53. The lowest BCUT2D eigenvalue weighted by atomic mass is 9.88. The summed E-state index contributed by atoms with van der Waals surface area (Å²) in [5.41, 5.74) is 2.41. The van der Waals surface area contributed by atoms with E-state index in [1.807, 2.05) is 18.2 Å². The van der Waals surface area contributed by atoms with E-state index in [2.05, 4.69) is 11.4 Å². The third-order valence-corrected chi connectivity index (χ3v) is 8.47. The number of nitrogens with one attached hydrogen (secondary N) is 1. The summed E-state index contributed by atoms with van der Waals surface area (Å²) in [4.78, 5) is 13.3. The van der Waals surface area contributed by atoms with Crippen LogP contribution in [-0.4, -0.2) is 14.3 Å². The molecule has 0 aliphatic heterocycles. The quantitative estimate of drug-likeness (QED) is 0.629. The second-order valence-electron chi connectivity index (χ2n) is 6.69. The number of fused-ring (bicyclic) bond motifs is 1. The second-order valence-corrected chi connectivity index (χ2v) is 10.4. The number of carbonyl (C=O) groups is 1. The average molecular weight is 432 g/mol. The molecule has 1 atom stereocenters. The molecule has 1 aliphatic carbocycles. The number of benzene rings is 2. The molecule has 0 unspecified atom stereocenters. The summed E-state index contributed by atoms with van der Waals surface area (Å²) in [6, 6.07) is 17.1. The Labute approximate surface area is 173 Å². The number of carbonyl (C=O) groups excluding carboxylic acids is 1. The Hall–Kier alpha value is -2.15. The molecule has 4 nitrogen and oxygen atoms in total. The maximum absolute atomic E-state index is 12.8. The van der Waals surface area contributed by atoms with E-state index >= 15 is 0 Å². The van der Waals surface area contributed by atoms with Gasteiger partial charge in [-0.15, -0.1) is 11.3 Å². The van der Waals surface area contributed by atoms with Gasteiger partial charge in [-0.3, -0.25) is 4.79 Å². The van der Waals surface area contributed by atoms with Crippen LogP contribution in [0, 0.1) is 0 Å². The van der Waals surface area contributed by atoms with Gasteiger partial charge < -0.3 is 5.32 Å². The Kier molecular flexibility index (Phi) is 5.27. The zero-order chi connectivity index (χ0) is 19.7. The second kappa shape index (κ2) is 7.70. The molecular weight excluding hydrogens is 414 g/mol. The van der Waals surface area contributed by atoms with E-state index in [1.165, 1.54) is 35.9 Å². The van der Waals surface area contributed by atoms with Gasteiger partial charge in [0.05, 0.1) is 15.8 Å². The molecule has 4 rings (SSSR count). The number of halogens is 1. The van der Waals surface area contributed by atoms with E-state index in [1.54, 1.807) is 6.07 Å². The molecule has 0 spiro atoms. The summed E-state index contributed by atoms with van der Waals surface area (Å²) < 4.78 is 25.7. The maximum Gasteiger partial charge on any atom is 0.261 e. The summed E-state index contributed by atoms with van der Waals surface area (Å²) >= 11 is 6.82. The van der Waals surface area contributed by atoms with Gasteiger partial charge in [-0.1, -0.05) is 35.9 Å². The highest BCUT2D eigenvalue weighted by molar-refractivity contribution is 7.93. The fourth-order valence-electron chi connectivity index (χ4n) is 3.45. The van der Waals surface area contributed by atoms with Gasteiger partial charge in [0.25, 0.3) is 5.91 Å². The molecule has 7 heteroatoms. The summed E-state index contributed by atoms with van der Waals surface area (Å²) in [6.45, 7) is 0. The van der Waals surface area contributed by atoms with Crippen LogP contribution in [0.2, 0.25) is 5.02 Å². The SMILES string of the molecule is O=C(N[C@H]1CCCc2ccccc21)c1ccc(S(=O)(=O)c2ccc(Cl)cc2)s1. The molecule has 1 heterocycles. The number of sulfone groups is 1. The largest absolute Gasteiger partial charge is 0.345 e. The van der Waals surface area contributed by atoms with Crippen LogP contribution >= 0.6 is 22.9 Å². The number of rotatable bonds is 4. The van der Waals surface area contributed by atoms with Crippen molar-refractivity contribution in [1.29, 1.82) is 0 Å². The topological polar surface area (TPSA) is 63.2 Å². The van der Waals surface area contributed by atoms with E-state index in [0.717, 1.165) is 36.2 Å². The molecule has 144 valence electrons. The van der Waals surface area contributed by atoms with Gasteiger partial charge in [0.2, 0.25) is 9.84 Å². The van der Waals surface area contributed by atoms with Crippen LogP contribution in [0.15, 0.2) is 69.8 Å². The third kappa shape index (κ3) is 3.72. The highest BCUT2D eigenvalue weighted by Gasteiger charge is 2.25. The van der Waals surface area contributed by atoms with E-state index in [0.29, 0.717) is 9.90 Å². The molecule has 1 aromatic heterocycles. The Morgan fingerprint density at radius 3 is 2.57 bits per heavy atom. The van der Waals surface area contributed by atoms with Crippen molar-refractivity contribution in [2.45, 2.75) is 34.4 Å². The zero-order valence-corrected chi connectivity index (χ0v) is 17.3. The molecule has 0 fully saturated rings. The fraction of sp³-hybridized carbons (Fsp3) is 0.190. The van der Waals surface area contributed by atoms with Crippen molar-refractivity contribution in [2.75, 3.05) is 0 Å². The van der Waals surface area contributed by atoms with Crippen LogP contribution in [-0.2, 0) is 16.3 Å². The van der Waals surface area contributed by atoms with Gasteiger partial charge in [0.1, 0.15) is 4.21 Å². The molecule has 0 radical (unpaired) electrons. The van der Waals surface area contributed by atoms with Crippen LogP contribution in [0.25, 0.3) is 0 Å². The summed E-state index contributed by atoms with van der Waals surface area (Å²) in [5.74, 6) is -0.246. The molecule has 2 aromatic carbocycles. The van der Waals surface area contributed by atoms with Gasteiger partial charge >= 0.3 is 0 Å². The van der Waals surface area contributed by atoms with Crippen molar-refractivity contribution in [2.24, 2.45) is 0 Å². The van der Waals surface area contributed by atoms with Gasteiger partial charge in [-0.05, 0) is 66.8 Å². The molecule has 1 aliphatic rings. The Morgan fingerprint density at radius 2 is 1.79 bits per heavy atom. The maximum atomic E-state index is 12.8. The number of hydrogen-bond acceptors (Lipinski definition) is 4. The lowest BCUT2D eigenvalue weighted by Crippen LogP contribution is -2.30. The summed E-state index contributed by atoms with van der Waals surface area (Å²) in [6.07, 6.45) is 2.91. The minimum absolute atomic E-state index is 0.0455. The molecule has 0 saturated heterocycles. The van der Waals surface area contributed by atoms with Gasteiger partial charge in [-0.25, -0.2) is 8.42 Å². The Balaban J connectivity index is 1.55. The molecule has 1 N–H and O–H groups in total. The van der Waals surface area contributed by atoms with Gasteiger partial charge in [0, 0.05) is 5.02 Å². The lowest BCUT2D eigenvalue weighted by molar-refractivity contribution is 0.0937. The van der Waals surface area contributed by atoms with E-state index in [-0.39, 0.29) is 21.1 Å². The predicted molar refractivity (Wildman–Crippen MR) is 111 cm³/mol. The smallest absolute Gasteiger partial charge is 0.261 e. The van der Waals surface area contributed by atoms with Crippen LogP contribution < -0.4 is 5.32 Å². The number of thiophene rings is 1. The van der Waals surface area contributed by atoms with Crippen molar-refractivity contribution in [1.82, 2.24) is 5.32 Å². The first kappa shape index (κ1) is 19.2. The highest BCUT2D eigenvalue weighted by atomic mass is 35.5. The molecular formula is C21H18ClNO3S2. The third-order valence-electron chi connectivity index (χ3n) is 4.87. The summed E-state index contributed by atoms with van der Waals surface area (Å²) in [7, 11) is -3.67. The van der Waals surface area contributed by atoms with Crippen molar-refractivity contribution >= 4 is 38.7 Å². The van der Waals surface area contributed by atoms with Crippen LogP contribution in [0.4, 0.5) is 0 Å². The Bertz CT molecular complexity index is 1120. The van der Waals surface area contributed by atoms with Crippen molar-refractivity contribution in [3.8, 4) is 0 Å². The number of amides is 1. The first-order chi connectivity index (χ1) is 13.4. The molecule has 3 aromatic rings. The van der Waals surface area contributed by atoms with Crippen molar-refractivity contribution in [3.05, 3.63) is 81.7 Å². The Morgan fingerprint density at radius 1 is 1.04 bits per heavy atom. The average Bonchev–Trinajstić information content (AvgIpc) is 3.20. The molecule has 1 amide bonds. The number of hydrogen-bond donors (Lipinski definition) is 1. The number of aryl methyl sites for hydroxylation is 1. The van der Waals surface area contributed by atoms with Gasteiger partial charge in [0.15, 0.2) is 0 Å². The standard InChI is InChI=1S/C21H18ClNO3S2/c22-15-8-10-16(11-9-15)28(25,26)20-13-12-19(27-20)21(24)23-18-7-3-5-14-4-1-2-6-17(14)18/h1-2,4,6,8-13,18H,3,5,7H2,(H,23,24)/t18-/m0/s1. The zero-order valence-electron chi connectivity index (χ0n) is 14.9. The minimum Gasteiger partial charge on any atom is -0.345 e. The predicted octanol–water partition coefficient (Wildman–Crippen LogP) is 5.04. The first-order valence-electron chi connectivity index (χ1n) is 8.94. The first-order valence-corrected chi connectivity index (χ1v) is 11.6. The van der Waals surface area contributed by atoms with Crippen LogP contribution in [0.1, 0.15) is 39.7 Å². The van der Waals surface area contributed by atoms with Crippen molar-refractivity contribution < 1.29 is 13.2 Å². The van der Waals surface area contributed by atoms with E-state index < -0.39 is 9.84 Å². The highest BCUT2D eigenvalue weighted by Crippen LogP contribution is 2.32. The lowest BCUT2D eigenvalue weighted by Gasteiger charge is -2.26. The fourth-order valence-corrected chi connectivity index (χ4v) is 6.19. The minimum atomic E-state index is -3.67. The van der Waals surface area contributed by atoms with E-state index in [9.17, 15) is 13.2 Å². The molecule has 0 saturated carbocycles. The van der Waals surface area contributed by atoms with Gasteiger partial charge in [-0.2, -0.15) is 0 Å². The van der Waals surface area contributed by atoms with Crippen molar-refractivity contribution in [3.63, 3.8) is 0 Å².